The minimum absolute atomic E-state index is 0.205. The minimum atomic E-state index is 0.205. The van der Waals surface area contributed by atoms with Crippen LogP contribution in [0.5, 0.6) is 0 Å². The summed E-state index contributed by atoms with van der Waals surface area (Å²) in [5.41, 5.74) is 1.22. The van der Waals surface area contributed by atoms with Crippen molar-refractivity contribution < 1.29 is 4.84 Å². The van der Waals surface area contributed by atoms with Crippen LogP contribution in [-0.4, -0.2) is 36.3 Å². The Morgan fingerprint density at radius 2 is 2.00 bits per heavy atom. The molecule has 0 saturated carbocycles. The van der Waals surface area contributed by atoms with Crippen molar-refractivity contribution in [1.29, 1.82) is 0 Å². The number of likely N-dealkylation sites (tertiary alicyclic amines) is 1. The second-order valence-electron chi connectivity index (χ2n) is 3.75. The maximum atomic E-state index is 5.22. The lowest BCUT2D eigenvalue weighted by Gasteiger charge is -2.25. The Balaban J connectivity index is 2.27. The predicted octanol–water partition coefficient (Wildman–Crippen LogP) is 1.88. The summed E-state index contributed by atoms with van der Waals surface area (Å²) in [4.78, 5) is 7.66. The van der Waals surface area contributed by atoms with Crippen LogP contribution in [0.15, 0.2) is 5.16 Å². The highest BCUT2D eigenvalue weighted by Crippen LogP contribution is 2.07. The van der Waals surface area contributed by atoms with Gasteiger partial charge in [0, 0.05) is 25.9 Å². The van der Waals surface area contributed by atoms with Gasteiger partial charge in [0.15, 0.2) is 0 Å². The van der Waals surface area contributed by atoms with Crippen molar-refractivity contribution in [3.05, 3.63) is 0 Å². The van der Waals surface area contributed by atoms with Crippen molar-refractivity contribution >= 4 is 5.71 Å². The average Bonchev–Trinajstić information content (AvgIpc) is 2.15. The molecule has 3 nitrogen and oxygen atoms in total. The second-order valence-corrected chi connectivity index (χ2v) is 3.75. The van der Waals surface area contributed by atoms with Crippen molar-refractivity contribution in [1.82, 2.24) is 4.90 Å². The molecule has 1 aliphatic rings. The van der Waals surface area contributed by atoms with Crippen LogP contribution in [0.3, 0.4) is 0 Å². The van der Waals surface area contributed by atoms with Crippen molar-refractivity contribution in [3.63, 3.8) is 0 Å². The Bertz CT molecular complexity index is 168. The SMILES string of the molecule is CCN1CCC(=NOC(C)C)CC1. The fourth-order valence-electron chi connectivity index (χ4n) is 1.40. The molecule has 0 amide bonds. The summed E-state index contributed by atoms with van der Waals surface area (Å²) >= 11 is 0. The molecule has 1 saturated heterocycles. The van der Waals surface area contributed by atoms with Crippen molar-refractivity contribution in [2.75, 3.05) is 19.6 Å². The van der Waals surface area contributed by atoms with Gasteiger partial charge in [0.1, 0.15) is 6.10 Å². The molecule has 1 aliphatic heterocycles. The van der Waals surface area contributed by atoms with Crippen molar-refractivity contribution in [2.45, 2.75) is 39.7 Å². The van der Waals surface area contributed by atoms with E-state index in [1.54, 1.807) is 0 Å². The lowest BCUT2D eigenvalue weighted by atomic mass is 10.1. The van der Waals surface area contributed by atoms with Crippen LogP contribution < -0.4 is 0 Å². The van der Waals surface area contributed by atoms with Gasteiger partial charge in [-0.2, -0.15) is 0 Å². The van der Waals surface area contributed by atoms with Crippen LogP contribution in [0.25, 0.3) is 0 Å². The molecule has 0 aromatic heterocycles. The molecule has 76 valence electrons. The summed E-state index contributed by atoms with van der Waals surface area (Å²) in [6, 6.07) is 0. The Kier molecular flexibility index (Phi) is 4.22. The molecule has 0 bridgehead atoms. The minimum Gasteiger partial charge on any atom is -0.393 e. The highest BCUT2D eigenvalue weighted by atomic mass is 16.6. The molecule has 0 radical (unpaired) electrons. The van der Waals surface area contributed by atoms with E-state index in [4.69, 9.17) is 4.84 Å². The molecule has 3 heteroatoms. The summed E-state index contributed by atoms with van der Waals surface area (Å²) in [5, 5.41) is 4.14. The third-order valence-corrected chi connectivity index (χ3v) is 2.27. The van der Waals surface area contributed by atoms with E-state index in [-0.39, 0.29) is 6.10 Å². The molecule has 0 atom stereocenters. The molecule has 0 spiro atoms. The number of nitrogens with zero attached hydrogens (tertiary/aromatic N) is 2. The smallest absolute Gasteiger partial charge is 0.122 e. The van der Waals surface area contributed by atoms with Crippen molar-refractivity contribution in [3.8, 4) is 0 Å². The van der Waals surface area contributed by atoms with Crippen LogP contribution in [0.2, 0.25) is 0 Å². The zero-order valence-electron chi connectivity index (χ0n) is 8.92. The molecule has 1 fully saturated rings. The summed E-state index contributed by atoms with van der Waals surface area (Å²) in [6.45, 7) is 9.63. The standard InChI is InChI=1S/C10H20N2O/c1-4-12-7-5-10(6-8-12)11-13-9(2)3/h9H,4-8H2,1-3H3. The van der Waals surface area contributed by atoms with E-state index < -0.39 is 0 Å². The number of piperidine rings is 1. The Labute approximate surface area is 80.7 Å². The predicted molar refractivity (Wildman–Crippen MR) is 55.0 cm³/mol. The molecule has 0 aromatic carbocycles. The quantitative estimate of drug-likeness (QED) is 0.626. The lowest BCUT2D eigenvalue weighted by molar-refractivity contribution is 0.0837. The number of rotatable bonds is 3. The molecule has 1 heterocycles. The Morgan fingerprint density at radius 1 is 1.38 bits per heavy atom. The van der Waals surface area contributed by atoms with E-state index in [1.807, 2.05) is 13.8 Å². The summed E-state index contributed by atoms with van der Waals surface area (Å²) in [6.07, 6.45) is 2.35. The van der Waals surface area contributed by atoms with Crippen LogP contribution >= 0.6 is 0 Å². The number of oxime groups is 1. The first-order valence-corrected chi connectivity index (χ1v) is 5.16. The molecule has 0 N–H and O–H groups in total. The van der Waals surface area contributed by atoms with Crippen molar-refractivity contribution in [2.24, 2.45) is 5.16 Å². The van der Waals surface area contributed by atoms with Gasteiger partial charge in [0.05, 0.1) is 5.71 Å². The van der Waals surface area contributed by atoms with Crippen LogP contribution in [0.1, 0.15) is 33.6 Å². The number of hydrogen-bond donors (Lipinski definition) is 0. The first kappa shape index (κ1) is 10.5. The first-order valence-electron chi connectivity index (χ1n) is 5.16. The van der Waals surface area contributed by atoms with Gasteiger partial charge < -0.3 is 9.74 Å². The van der Waals surface area contributed by atoms with Crippen LogP contribution in [0.4, 0.5) is 0 Å². The largest absolute Gasteiger partial charge is 0.393 e. The zero-order valence-corrected chi connectivity index (χ0v) is 8.92. The highest BCUT2D eigenvalue weighted by molar-refractivity contribution is 5.84. The topological polar surface area (TPSA) is 24.8 Å². The molecule has 0 unspecified atom stereocenters. The van der Waals surface area contributed by atoms with Gasteiger partial charge in [-0.05, 0) is 20.4 Å². The van der Waals surface area contributed by atoms with Gasteiger partial charge in [-0.25, -0.2) is 0 Å². The summed E-state index contributed by atoms with van der Waals surface area (Å²) in [7, 11) is 0. The fraction of sp³-hybridized carbons (Fsp3) is 0.900. The zero-order chi connectivity index (χ0) is 9.68. The van der Waals surface area contributed by atoms with Gasteiger partial charge in [0.25, 0.3) is 0 Å². The highest BCUT2D eigenvalue weighted by Gasteiger charge is 2.13. The summed E-state index contributed by atoms with van der Waals surface area (Å²) < 4.78 is 0. The van der Waals surface area contributed by atoms with E-state index in [2.05, 4.69) is 17.0 Å². The van der Waals surface area contributed by atoms with Gasteiger partial charge >= 0.3 is 0 Å². The maximum Gasteiger partial charge on any atom is 0.122 e. The average molecular weight is 184 g/mol. The van der Waals surface area contributed by atoms with Gasteiger partial charge in [-0.1, -0.05) is 12.1 Å². The van der Waals surface area contributed by atoms with Gasteiger partial charge in [-0.15, -0.1) is 0 Å². The van der Waals surface area contributed by atoms with E-state index in [1.165, 1.54) is 5.71 Å². The Morgan fingerprint density at radius 3 is 2.46 bits per heavy atom. The molecule has 0 aromatic rings. The van der Waals surface area contributed by atoms with Crippen LogP contribution in [0, 0.1) is 0 Å². The second kappa shape index (κ2) is 5.22. The molecular weight excluding hydrogens is 164 g/mol. The van der Waals surface area contributed by atoms with Gasteiger partial charge in [-0.3, -0.25) is 0 Å². The number of hydrogen-bond acceptors (Lipinski definition) is 3. The first-order chi connectivity index (χ1) is 6.22. The maximum absolute atomic E-state index is 5.22. The molecule has 1 rings (SSSR count). The normalized spacial score (nSPS) is 19.2. The third-order valence-electron chi connectivity index (χ3n) is 2.27. The molecule has 0 aliphatic carbocycles. The molecular formula is C10H20N2O. The molecule has 13 heavy (non-hydrogen) atoms. The third kappa shape index (κ3) is 3.77. The van der Waals surface area contributed by atoms with E-state index in [0.717, 1.165) is 32.5 Å². The van der Waals surface area contributed by atoms with E-state index >= 15 is 0 Å². The summed E-state index contributed by atoms with van der Waals surface area (Å²) in [5.74, 6) is 0. The van der Waals surface area contributed by atoms with E-state index in [0.29, 0.717) is 0 Å². The lowest BCUT2D eigenvalue weighted by Crippen LogP contribution is -2.33. The van der Waals surface area contributed by atoms with E-state index in [9.17, 15) is 0 Å². The van der Waals surface area contributed by atoms with Crippen LogP contribution in [-0.2, 0) is 4.84 Å². The van der Waals surface area contributed by atoms with Gasteiger partial charge in [0.2, 0.25) is 0 Å². The fourth-order valence-corrected chi connectivity index (χ4v) is 1.40. The Hall–Kier alpha value is -0.570. The monoisotopic (exact) mass is 184 g/mol.